The molecule has 0 saturated heterocycles. The van der Waals surface area contributed by atoms with Gasteiger partial charge in [0.25, 0.3) is 31.9 Å². The zero-order chi connectivity index (χ0) is 36.6. The summed E-state index contributed by atoms with van der Waals surface area (Å²) in [4.78, 5) is 24.7. The van der Waals surface area contributed by atoms with Gasteiger partial charge in [0.1, 0.15) is 0 Å². The normalized spacial score (nSPS) is 10.2. The van der Waals surface area contributed by atoms with Gasteiger partial charge in [-0.15, -0.1) is 0 Å². The van der Waals surface area contributed by atoms with Crippen molar-refractivity contribution in [2.24, 2.45) is 0 Å². The Kier molecular flexibility index (Phi) is 13.8. The van der Waals surface area contributed by atoms with Gasteiger partial charge in [0, 0.05) is 25.0 Å². The first-order valence-corrected chi connectivity index (χ1v) is 17.6. The van der Waals surface area contributed by atoms with Gasteiger partial charge in [0.2, 0.25) is 0 Å². The fourth-order valence-corrected chi connectivity index (χ4v) is 6.47. The molecule has 5 aromatic rings. The number of sulfonamides is 2. The number of nitriles is 2. The third kappa shape index (κ3) is 10.8. The van der Waals surface area contributed by atoms with Crippen molar-refractivity contribution in [1.29, 1.82) is 10.5 Å². The molecule has 2 amide bonds. The molecular formula is C36H32N6O6S2. The van der Waals surface area contributed by atoms with Crippen LogP contribution in [0.2, 0.25) is 0 Å². The molecule has 5 aromatic carbocycles. The lowest BCUT2D eigenvalue weighted by atomic mass is 10.2. The second-order valence-electron chi connectivity index (χ2n) is 9.86. The van der Waals surface area contributed by atoms with Crippen LogP contribution in [0.25, 0.3) is 0 Å². The molecule has 12 nitrogen and oxygen atoms in total. The number of benzene rings is 5. The third-order valence-corrected chi connectivity index (χ3v) is 9.06. The van der Waals surface area contributed by atoms with E-state index in [-0.39, 0.29) is 32.5 Å². The van der Waals surface area contributed by atoms with Gasteiger partial charge in [-0.1, -0.05) is 66.7 Å². The van der Waals surface area contributed by atoms with Gasteiger partial charge in [-0.25, -0.2) is 16.8 Å². The zero-order valence-corrected chi connectivity index (χ0v) is 28.5. The van der Waals surface area contributed by atoms with Crippen LogP contribution in [-0.2, 0) is 20.0 Å². The number of amides is 2. The van der Waals surface area contributed by atoms with Crippen LogP contribution < -0.4 is 20.1 Å². The Morgan fingerprint density at radius 2 is 0.780 bits per heavy atom. The van der Waals surface area contributed by atoms with Crippen molar-refractivity contribution in [1.82, 2.24) is 0 Å². The second kappa shape index (κ2) is 18.2. The Hall–Kier alpha value is -6.48. The van der Waals surface area contributed by atoms with Crippen molar-refractivity contribution < 1.29 is 26.4 Å². The minimum atomic E-state index is -4.30. The van der Waals surface area contributed by atoms with E-state index < -0.39 is 31.9 Å². The van der Waals surface area contributed by atoms with Crippen molar-refractivity contribution in [3.63, 3.8) is 0 Å². The molecule has 0 aliphatic heterocycles. The summed E-state index contributed by atoms with van der Waals surface area (Å²) in [5.41, 5.74) is 1.38. The molecule has 5 rings (SSSR count). The Balaban J connectivity index is 0.00000105. The summed E-state index contributed by atoms with van der Waals surface area (Å²) < 4.78 is 58.3. The largest absolute Gasteiger partial charge is 0.320 e. The molecule has 4 N–H and O–H groups in total. The standard InChI is InChI=1S/C32H26N4O6S2.2C2H3N/c37-31(23-12-3-1-4-13-23)33-27-18-7-9-20-29(27)35-43(39,40)25-16-11-17-26(22-25)44(41,42)36-30-21-10-8-19-28(30)34-32(38)24-14-5-2-6-15-24;2*1-2-3/h1-22,35-36H,(H,33,37)(H,34,38);2*1H3. The molecule has 0 aromatic heterocycles. The number of carbonyl (C=O) groups is 2. The average molecular weight is 709 g/mol. The number of carbonyl (C=O) groups excluding carboxylic acids is 2. The lowest BCUT2D eigenvalue weighted by Gasteiger charge is -2.15. The highest BCUT2D eigenvalue weighted by Gasteiger charge is 2.22. The predicted octanol–water partition coefficient (Wildman–Crippen LogP) is 6.85. The van der Waals surface area contributed by atoms with Gasteiger partial charge in [-0.3, -0.25) is 19.0 Å². The fraction of sp³-hybridized carbons (Fsp3) is 0.0556. The van der Waals surface area contributed by atoms with Gasteiger partial charge in [-0.2, -0.15) is 10.5 Å². The molecule has 0 aliphatic carbocycles. The summed E-state index contributed by atoms with van der Waals surface area (Å²) in [6.45, 7) is 2.86. The first kappa shape index (κ1) is 38.0. The highest BCUT2D eigenvalue weighted by molar-refractivity contribution is 7.93. The molecule has 50 heavy (non-hydrogen) atoms. The molecular weight excluding hydrogens is 677 g/mol. The third-order valence-electron chi connectivity index (χ3n) is 6.34. The molecule has 0 atom stereocenters. The summed E-state index contributed by atoms with van der Waals surface area (Å²) in [5.74, 6) is -0.867. The minimum absolute atomic E-state index is 0.0891. The molecule has 0 heterocycles. The van der Waals surface area contributed by atoms with Gasteiger partial charge in [0.15, 0.2) is 0 Å². The van der Waals surface area contributed by atoms with Gasteiger partial charge in [0.05, 0.1) is 44.7 Å². The molecule has 0 radical (unpaired) electrons. The smallest absolute Gasteiger partial charge is 0.262 e. The second-order valence-corrected chi connectivity index (χ2v) is 13.2. The van der Waals surface area contributed by atoms with E-state index in [9.17, 15) is 26.4 Å². The number of nitrogens with one attached hydrogen (secondary N) is 4. The summed E-state index contributed by atoms with van der Waals surface area (Å²) in [6.07, 6.45) is 0. The fourth-order valence-electron chi connectivity index (χ4n) is 4.15. The highest BCUT2D eigenvalue weighted by Crippen LogP contribution is 2.28. The summed E-state index contributed by atoms with van der Waals surface area (Å²) in [6, 6.07) is 37.7. The maximum Gasteiger partial charge on any atom is 0.262 e. The van der Waals surface area contributed by atoms with E-state index >= 15 is 0 Å². The number of hydrogen-bond acceptors (Lipinski definition) is 8. The number of para-hydroxylation sites is 4. The lowest BCUT2D eigenvalue weighted by molar-refractivity contribution is 0.101. The van der Waals surface area contributed by atoms with Crippen LogP contribution in [0.15, 0.2) is 143 Å². The Labute approximate surface area is 291 Å². The van der Waals surface area contributed by atoms with Crippen LogP contribution in [0.4, 0.5) is 22.7 Å². The average Bonchev–Trinajstić information content (AvgIpc) is 3.11. The predicted molar refractivity (Wildman–Crippen MR) is 192 cm³/mol. The molecule has 254 valence electrons. The van der Waals surface area contributed by atoms with Crippen molar-refractivity contribution in [2.75, 3.05) is 20.1 Å². The van der Waals surface area contributed by atoms with E-state index in [4.69, 9.17) is 10.5 Å². The zero-order valence-electron chi connectivity index (χ0n) is 26.9. The van der Waals surface area contributed by atoms with Crippen LogP contribution in [0.3, 0.4) is 0 Å². The van der Waals surface area contributed by atoms with E-state index in [0.29, 0.717) is 11.1 Å². The summed E-state index contributed by atoms with van der Waals surface area (Å²) in [7, 11) is -8.59. The topological polar surface area (TPSA) is 198 Å². The molecule has 14 heteroatoms. The monoisotopic (exact) mass is 708 g/mol. The summed E-state index contributed by atoms with van der Waals surface area (Å²) >= 11 is 0. The first-order valence-electron chi connectivity index (χ1n) is 14.6. The highest BCUT2D eigenvalue weighted by atomic mass is 32.2. The van der Waals surface area contributed by atoms with Crippen molar-refractivity contribution in [2.45, 2.75) is 23.6 Å². The lowest BCUT2D eigenvalue weighted by Crippen LogP contribution is -2.19. The van der Waals surface area contributed by atoms with Gasteiger partial charge >= 0.3 is 0 Å². The first-order chi connectivity index (χ1) is 23.9. The molecule has 0 saturated carbocycles. The maximum absolute atomic E-state index is 13.4. The Morgan fingerprint density at radius 3 is 1.12 bits per heavy atom. The van der Waals surface area contributed by atoms with Gasteiger partial charge in [-0.05, 0) is 66.7 Å². The van der Waals surface area contributed by atoms with E-state index in [1.165, 1.54) is 56.3 Å². The van der Waals surface area contributed by atoms with E-state index in [2.05, 4.69) is 20.1 Å². The van der Waals surface area contributed by atoms with Crippen LogP contribution in [0.5, 0.6) is 0 Å². The van der Waals surface area contributed by atoms with Crippen LogP contribution in [0, 0.1) is 22.7 Å². The molecule has 0 fully saturated rings. The number of nitrogens with zero attached hydrogens (tertiary/aromatic N) is 2. The summed E-state index contributed by atoms with van der Waals surface area (Å²) in [5, 5.41) is 20.0. The van der Waals surface area contributed by atoms with Crippen LogP contribution in [-0.4, -0.2) is 28.6 Å². The minimum Gasteiger partial charge on any atom is -0.320 e. The quantitative estimate of drug-likeness (QED) is 0.121. The van der Waals surface area contributed by atoms with Crippen LogP contribution >= 0.6 is 0 Å². The number of hydrogen-bond donors (Lipinski definition) is 4. The molecule has 0 bridgehead atoms. The van der Waals surface area contributed by atoms with Gasteiger partial charge < -0.3 is 10.6 Å². The Morgan fingerprint density at radius 1 is 0.480 bits per heavy atom. The number of rotatable bonds is 10. The Bertz CT molecular complexity index is 2080. The van der Waals surface area contributed by atoms with E-state index in [0.717, 1.165) is 6.07 Å². The SMILES string of the molecule is CC#N.CC#N.O=C(Nc1ccccc1NS(=O)(=O)c1cccc(S(=O)(=O)Nc2ccccc2NC(=O)c2ccccc2)c1)c1ccccc1. The molecule has 0 spiro atoms. The van der Waals surface area contributed by atoms with Crippen LogP contribution in [0.1, 0.15) is 34.6 Å². The maximum atomic E-state index is 13.4. The van der Waals surface area contributed by atoms with Crippen molar-refractivity contribution >= 4 is 54.6 Å². The van der Waals surface area contributed by atoms with E-state index in [1.807, 2.05) is 0 Å². The number of anilines is 4. The molecule has 0 unspecified atom stereocenters. The molecule has 0 aliphatic rings. The van der Waals surface area contributed by atoms with Crippen molar-refractivity contribution in [3.05, 3.63) is 145 Å². The van der Waals surface area contributed by atoms with Crippen molar-refractivity contribution in [3.8, 4) is 12.1 Å². The van der Waals surface area contributed by atoms with E-state index in [1.54, 1.807) is 97.1 Å².